The number of rotatable bonds is 8. The fourth-order valence-corrected chi connectivity index (χ4v) is 2.84. The van der Waals surface area contributed by atoms with Crippen molar-refractivity contribution in [2.75, 3.05) is 6.54 Å². The van der Waals surface area contributed by atoms with Crippen LogP contribution in [0.25, 0.3) is 0 Å². The van der Waals surface area contributed by atoms with E-state index in [0.717, 1.165) is 25.8 Å². The van der Waals surface area contributed by atoms with E-state index in [1.54, 1.807) is 0 Å². The van der Waals surface area contributed by atoms with Crippen molar-refractivity contribution in [2.45, 2.75) is 45.6 Å². The summed E-state index contributed by atoms with van der Waals surface area (Å²) in [6.45, 7) is 5.55. The second-order valence-electron chi connectivity index (χ2n) is 5.58. The molecule has 1 unspecified atom stereocenters. The van der Waals surface area contributed by atoms with Gasteiger partial charge in [-0.2, -0.15) is 0 Å². The van der Waals surface area contributed by atoms with Gasteiger partial charge in [0, 0.05) is 6.04 Å². The van der Waals surface area contributed by atoms with Gasteiger partial charge in [-0.05, 0) is 48.9 Å². The molecule has 0 spiro atoms. The van der Waals surface area contributed by atoms with E-state index in [1.807, 2.05) is 0 Å². The first-order valence-corrected chi connectivity index (χ1v) is 8.20. The lowest BCUT2D eigenvalue weighted by atomic mass is 9.94. The van der Waals surface area contributed by atoms with Gasteiger partial charge in [0.15, 0.2) is 0 Å². The van der Waals surface area contributed by atoms with Crippen molar-refractivity contribution < 1.29 is 0 Å². The first-order chi connectivity index (χ1) is 10.3. The molecule has 0 aliphatic rings. The van der Waals surface area contributed by atoms with Crippen molar-refractivity contribution >= 4 is 0 Å². The fourth-order valence-electron chi connectivity index (χ4n) is 2.84. The second-order valence-corrected chi connectivity index (χ2v) is 5.58. The molecule has 0 bridgehead atoms. The molecule has 0 aliphatic carbocycles. The first-order valence-electron chi connectivity index (χ1n) is 8.20. The lowest BCUT2D eigenvalue weighted by Gasteiger charge is -2.22. The molecule has 1 heteroatoms. The highest BCUT2D eigenvalue weighted by Crippen LogP contribution is 2.23. The van der Waals surface area contributed by atoms with Crippen LogP contribution in [0, 0.1) is 0 Å². The minimum absolute atomic E-state index is 0.460. The maximum Gasteiger partial charge on any atom is 0.0326 e. The van der Waals surface area contributed by atoms with E-state index >= 15 is 0 Å². The Balaban J connectivity index is 2.10. The van der Waals surface area contributed by atoms with Gasteiger partial charge in [0.2, 0.25) is 0 Å². The Morgan fingerprint density at radius 1 is 0.905 bits per heavy atom. The summed E-state index contributed by atoms with van der Waals surface area (Å²) in [5.74, 6) is 0. The zero-order valence-corrected chi connectivity index (χ0v) is 13.3. The number of hydrogen-bond acceptors (Lipinski definition) is 1. The van der Waals surface area contributed by atoms with Crippen LogP contribution in [-0.2, 0) is 12.8 Å². The predicted octanol–water partition coefficient (Wildman–Crippen LogP) is 4.92. The number of hydrogen-bond donors (Lipinski definition) is 1. The molecule has 0 heterocycles. The highest BCUT2D eigenvalue weighted by molar-refractivity contribution is 5.30. The lowest BCUT2D eigenvalue weighted by molar-refractivity contribution is 0.496. The van der Waals surface area contributed by atoms with E-state index in [2.05, 4.69) is 73.8 Å². The normalized spacial score (nSPS) is 12.3. The van der Waals surface area contributed by atoms with Gasteiger partial charge in [-0.25, -0.2) is 0 Å². The lowest BCUT2D eigenvalue weighted by Crippen LogP contribution is -2.23. The van der Waals surface area contributed by atoms with Gasteiger partial charge in [0.05, 0.1) is 0 Å². The zero-order chi connectivity index (χ0) is 14.9. The Kier molecular flexibility index (Phi) is 6.49. The summed E-state index contributed by atoms with van der Waals surface area (Å²) >= 11 is 0. The van der Waals surface area contributed by atoms with Crippen molar-refractivity contribution in [2.24, 2.45) is 0 Å². The highest BCUT2D eigenvalue weighted by atomic mass is 14.9. The van der Waals surface area contributed by atoms with Gasteiger partial charge in [-0.1, -0.05) is 68.4 Å². The molecule has 0 aliphatic heterocycles. The minimum Gasteiger partial charge on any atom is -0.310 e. The van der Waals surface area contributed by atoms with E-state index in [0.29, 0.717) is 6.04 Å². The van der Waals surface area contributed by atoms with Crippen LogP contribution < -0.4 is 5.32 Å². The quantitative estimate of drug-likeness (QED) is 0.724. The summed E-state index contributed by atoms with van der Waals surface area (Å²) < 4.78 is 0. The van der Waals surface area contributed by atoms with Gasteiger partial charge < -0.3 is 5.32 Å². The summed E-state index contributed by atoms with van der Waals surface area (Å²) in [5, 5.41) is 3.73. The molecule has 0 amide bonds. The average Bonchev–Trinajstić information content (AvgIpc) is 2.56. The van der Waals surface area contributed by atoms with E-state index in [1.165, 1.54) is 23.1 Å². The van der Waals surface area contributed by atoms with Gasteiger partial charge >= 0.3 is 0 Å². The Labute approximate surface area is 129 Å². The second kappa shape index (κ2) is 8.63. The van der Waals surface area contributed by atoms with Crippen LogP contribution >= 0.6 is 0 Å². The average molecular weight is 281 g/mol. The van der Waals surface area contributed by atoms with Crippen LogP contribution in [0.15, 0.2) is 54.6 Å². The fraction of sp³-hybridized carbons (Fsp3) is 0.400. The molecule has 0 saturated carbocycles. The van der Waals surface area contributed by atoms with Crippen molar-refractivity contribution in [3.8, 4) is 0 Å². The zero-order valence-electron chi connectivity index (χ0n) is 13.3. The van der Waals surface area contributed by atoms with E-state index in [9.17, 15) is 0 Å². The summed E-state index contributed by atoms with van der Waals surface area (Å²) in [6.07, 6.45) is 4.56. The SMILES string of the molecule is CCCNC(CCc1ccccc1)c1ccccc1CC. The standard InChI is InChI=1S/C20H27N/c1-3-16-21-20(15-14-17-10-6-5-7-11-17)19-13-9-8-12-18(19)4-2/h5-13,20-21H,3-4,14-16H2,1-2H3. The molecule has 0 aromatic heterocycles. The molecule has 21 heavy (non-hydrogen) atoms. The van der Waals surface area contributed by atoms with Gasteiger partial charge in [0.25, 0.3) is 0 Å². The number of nitrogens with one attached hydrogen (secondary N) is 1. The van der Waals surface area contributed by atoms with E-state index in [-0.39, 0.29) is 0 Å². The van der Waals surface area contributed by atoms with Crippen molar-refractivity contribution in [3.63, 3.8) is 0 Å². The number of benzene rings is 2. The monoisotopic (exact) mass is 281 g/mol. The minimum atomic E-state index is 0.460. The van der Waals surface area contributed by atoms with E-state index < -0.39 is 0 Å². The Morgan fingerprint density at radius 2 is 1.62 bits per heavy atom. The third kappa shape index (κ3) is 4.71. The van der Waals surface area contributed by atoms with Gasteiger partial charge in [-0.3, -0.25) is 0 Å². The molecular weight excluding hydrogens is 254 g/mol. The van der Waals surface area contributed by atoms with Crippen molar-refractivity contribution in [1.82, 2.24) is 5.32 Å². The summed E-state index contributed by atoms with van der Waals surface area (Å²) in [4.78, 5) is 0. The molecule has 2 rings (SSSR count). The summed E-state index contributed by atoms with van der Waals surface area (Å²) in [7, 11) is 0. The van der Waals surface area contributed by atoms with E-state index in [4.69, 9.17) is 0 Å². The third-order valence-electron chi connectivity index (χ3n) is 4.02. The van der Waals surface area contributed by atoms with Crippen LogP contribution in [-0.4, -0.2) is 6.54 Å². The largest absolute Gasteiger partial charge is 0.310 e. The third-order valence-corrected chi connectivity index (χ3v) is 4.02. The maximum atomic E-state index is 3.73. The molecule has 0 saturated heterocycles. The smallest absolute Gasteiger partial charge is 0.0326 e. The first kappa shape index (κ1) is 15.8. The molecular formula is C20H27N. The molecule has 112 valence electrons. The van der Waals surface area contributed by atoms with Gasteiger partial charge in [-0.15, -0.1) is 0 Å². The van der Waals surface area contributed by atoms with Crippen LogP contribution in [0.2, 0.25) is 0 Å². The molecule has 1 atom stereocenters. The van der Waals surface area contributed by atoms with Crippen LogP contribution in [0.4, 0.5) is 0 Å². The van der Waals surface area contributed by atoms with Crippen molar-refractivity contribution in [3.05, 3.63) is 71.3 Å². The highest BCUT2D eigenvalue weighted by Gasteiger charge is 2.13. The van der Waals surface area contributed by atoms with Gasteiger partial charge in [0.1, 0.15) is 0 Å². The number of aryl methyl sites for hydroxylation is 2. The summed E-state index contributed by atoms with van der Waals surface area (Å²) in [5.41, 5.74) is 4.37. The van der Waals surface area contributed by atoms with Crippen molar-refractivity contribution in [1.29, 1.82) is 0 Å². The maximum absolute atomic E-state index is 3.73. The molecule has 1 nitrogen and oxygen atoms in total. The molecule has 1 N–H and O–H groups in total. The molecule has 0 radical (unpaired) electrons. The predicted molar refractivity (Wildman–Crippen MR) is 91.6 cm³/mol. The van der Waals surface area contributed by atoms with Crippen LogP contribution in [0.5, 0.6) is 0 Å². The van der Waals surface area contributed by atoms with Crippen LogP contribution in [0.3, 0.4) is 0 Å². The summed E-state index contributed by atoms with van der Waals surface area (Å²) in [6, 6.07) is 20.1. The molecule has 2 aromatic rings. The Hall–Kier alpha value is -1.60. The molecule has 2 aromatic carbocycles. The van der Waals surface area contributed by atoms with Crippen LogP contribution in [0.1, 0.15) is 49.4 Å². The Bertz CT molecular complexity index is 518. The Morgan fingerprint density at radius 3 is 2.33 bits per heavy atom. The molecule has 0 fully saturated rings. The topological polar surface area (TPSA) is 12.0 Å².